The molecule has 0 unspecified atom stereocenters. The molecule has 0 aromatic carbocycles. The van der Waals surface area contributed by atoms with E-state index in [1.165, 1.54) is 18.0 Å². The Balaban J connectivity index is 2.31. The summed E-state index contributed by atoms with van der Waals surface area (Å²) in [7, 11) is 1.31. The molecule has 1 amide bonds. The highest BCUT2D eigenvalue weighted by Crippen LogP contribution is 2.23. The van der Waals surface area contributed by atoms with Crippen LogP contribution in [0.4, 0.5) is 5.69 Å². The molecule has 1 aromatic rings. The number of aryl methyl sites for hydroxylation is 1. The van der Waals surface area contributed by atoms with Crippen LogP contribution in [0.3, 0.4) is 0 Å². The summed E-state index contributed by atoms with van der Waals surface area (Å²) >= 11 is 0. The van der Waals surface area contributed by atoms with Crippen molar-refractivity contribution >= 4 is 11.6 Å². The molecule has 0 aliphatic carbocycles. The standard InChI is InChI=1S/C13H22N4O5/c1-10(2)22-8-4-6-14-12(18)5-7-16-9-11(17(19)20)13(15-16)21-3/h9-10H,4-8H2,1-3H3,(H,14,18). The third-order valence-electron chi connectivity index (χ3n) is 2.76. The molecule has 9 nitrogen and oxygen atoms in total. The van der Waals surface area contributed by atoms with E-state index in [2.05, 4.69) is 10.4 Å². The Morgan fingerprint density at radius 2 is 2.27 bits per heavy atom. The van der Waals surface area contributed by atoms with Crippen molar-refractivity contribution in [1.29, 1.82) is 0 Å². The second kappa shape index (κ2) is 8.98. The first-order valence-corrected chi connectivity index (χ1v) is 7.08. The lowest BCUT2D eigenvalue weighted by Crippen LogP contribution is -2.26. The number of hydrogen-bond donors (Lipinski definition) is 1. The van der Waals surface area contributed by atoms with Gasteiger partial charge in [-0.2, -0.15) is 0 Å². The molecule has 22 heavy (non-hydrogen) atoms. The van der Waals surface area contributed by atoms with E-state index in [1.54, 1.807) is 0 Å². The lowest BCUT2D eigenvalue weighted by atomic mass is 10.3. The normalized spacial score (nSPS) is 10.7. The summed E-state index contributed by atoms with van der Waals surface area (Å²) < 4.78 is 11.5. The van der Waals surface area contributed by atoms with E-state index in [-0.39, 0.29) is 36.5 Å². The molecular weight excluding hydrogens is 292 g/mol. The summed E-state index contributed by atoms with van der Waals surface area (Å²) in [6, 6.07) is 0. The van der Waals surface area contributed by atoms with Crippen molar-refractivity contribution < 1.29 is 19.2 Å². The van der Waals surface area contributed by atoms with Gasteiger partial charge in [0, 0.05) is 19.6 Å². The topological polar surface area (TPSA) is 109 Å². The summed E-state index contributed by atoms with van der Waals surface area (Å²) in [4.78, 5) is 21.8. The lowest BCUT2D eigenvalue weighted by molar-refractivity contribution is -0.385. The maximum Gasteiger partial charge on any atom is 0.350 e. The third kappa shape index (κ3) is 6.08. The number of ether oxygens (including phenoxy) is 2. The van der Waals surface area contributed by atoms with E-state index in [1.807, 2.05) is 13.8 Å². The van der Waals surface area contributed by atoms with Gasteiger partial charge in [-0.25, -0.2) is 0 Å². The van der Waals surface area contributed by atoms with Gasteiger partial charge in [0.05, 0.1) is 24.7 Å². The van der Waals surface area contributed by atoms with Crippen LogP contribution in [0.25, 0.3) is 0 Å². The van der Waals surface area contributed by atoms with Gasteiger partial charge >= 0.3 is 11.6 Å². The Bertz CT molecular complexity index is 501. The molecule has 1 N–H and O–H groups in total. The number of nitrogens with one attached hydrogen (secondary N) is 1. The minimum atomic E-state index is -0.572. The number of carbonyl (C=O) groups excluding carboxylic acids is 1. The number of nitro groups is 1. The molecule has 1 heterocycles. The van der Waals surface area contributed by atoms with E-state index in [4.69, 9.17) is 9.47 Å². The van der Waals surface area contributed by atoms with E-state index >= 15 is 0 Å². The van der Waals surface area contributed by atoms with E-state index in [9.17, 15) is 14.9 Å². The summed E-state index contributed by atoms with van der Waals surface area (Å²) in [5.41, 5.74) is -0.214. The smallest absolute Gasteiger partial charge is 0.350 e. The first-order valence-electron chi connectivity index (χ1n) is 7.08. The van der Waals surface area contributed by atoms with Crippen LogP contribution >= 0.6 is 0 Å². The Kier molecular flexibility index (Phi) is 7.30. The molecule has 1 aromatic heterocycles. The van der Waals surface area contributed by atoms with E-state index in [0.717, 1.165) is 6.42 Å². The van der Waals surface area contributed by atoms with Gasteiger partial charge < -0.3 is 14.8 Å². The fourth-order valence-corrected chi connectivity index (χ4v) is 1.70. The van der Waals surface area contributed by atoms with Crippen molar-refractivity contribution in [2.45, 2.75) is 39.3 Å². The van der Waals surface area contributed by atoms with Crippen molar-refractivity contribution in [2.24, 2.45) is 0 Å². The maximum atomic E-state index is 11.7. The van der Waals surface area contributed by atoms with Gasteiger partial charge in [0.15, 0.2) is 0 Å². The van der Waals surface area contributed by atoms with Gasteiger partial charge in [0.1, 0.15) is 6.20 Å². The van der Waals surface area contributed by atoms with Crippen LogP contribution in [-0.4, -0.2) is 47.0 Å². The number of nitrogens with zero attached hydrogens (tertiary/aromatic N) is 3. The molecule has 0 aliphatic rings. The highest BCUT2D eigenvalue weighted by atomic mass is 16.6. The average Bonchev–Trinajstić information content (AvgIpc) is 2.88. The molecule has 0 saturated carbocycles. The first kappa shape index (κ1) is 17.9. The largest absolute Gasteiger partial charge is 0.475 e. The zero-order valence-electron chi connectivity index (χ0n) is 13.1. The summed E-state index contributed by atoms with van der Waals surface area (Å²) in [6.45, 7) is 5.29. The van der Waals surface area contributed by atoms with Crippen molar-refractivity contribution in [2.75, 3.05) is 20.3 Å². The SMILES string of the molecule is COc1nn(CCC(=O)NCCCOC(C)C)cc1[N+](=O)[O-]. The Labute approximate surface area is 128 Å². The van der Waals surface area contributed by atoms with Crippen molar-refractivity contribution in [3.05, 3.63) is 16.3 Å². The summed E-state index contributed by atoms with van der Waals surface area (Å²) in [5.74, 6) is -0.196. The van der Waals surface area contributed by atoms with Crippen LogP contribution in [0.2, 0.25) is 0 Å². The van der Waals surface area contributed by atoms with Crippen molar-refractivity contribution in [3.8, 4) is 5.88 Å². The second-order valence-corrected chi connectivity index (χ2v) is 4.92. The molecule has 0 saturated heterocycles. The van der Waals surface area contributed by atoms with Crippen LogP contribution in [0.5, 0.6) is 5.88 Å². The predicted octanol–water partition coefficient (Wildman–Crippen LogP) is 1.12. The molecule has 124 valence electrons. The van der Waals surface area contributed by atoms with E-state index < -0.39 is 4.92 Å². The first-order chi connectivity index (χ1) is 10.4. The van der Waals surface area contributed by atoms with Gasteiger partial charge in [0.25, 0.3) is 0 Å². The quantitative estimate of drug-likeness (QED) is 0.394. The summed E-state index contributed by atoms with van der Waals surface area (Å²) in [5, 5.41) is 17.4. The van der Waals surface area contributed by atoms with Crippen molar-refractivity contribution in [3.63, 3.8) is 0 Å². The van der Waals surface area contributed by atoms with Crippen LogP contribution in [0.1, 0.15) is 26.7 Å². The van der Waals surface area contributed by atoms with Gasteiger partial charge in [-0.15, -0.1) is 5.10 Å². The molecule has 0 atom stereocenters. The fourth-order valence-electron chi connectivity index (χ4n) is 1.70. The van der Waals surface area contributed by atoms with Crippen LogP contribution in [-0.2, 0) is 16.1 Å². The summed E-state index contributed by atoms with van der Waals surface area (Å²) in [6.07, 6.45) is 2.36. The average molecular weight is 314 g/mol. The van der Waals surface area contributed by atoms with Crippen LogP contribution in [0, 0.1) is 10.1 Å². The van der Waals surface area contributed by atoms with Crippen LogP contribution in [0.15, 0.2) is 6.20 Å². The number of aromatic nitrogens is 2. The molecule has 9 heteroatoms. The number of amides is 1. The molecular formula is C13H22N4O5. The predicted molar refractivity (Wildman–Crippen MR) is 78.8 cm³/mol. The molecule has 0 bridgehead atoms. The minimum Gasteiger partial charge on any atom is -0.475 e. The Hall–Kier alpha value is -2.16. The molecule has 1 rings (SSSR count). The van der Waals surface area contributed by atoms with Gasteiger partial charge in [-0.05, 0) is 20.3 Å². The zero-order valence-corrected chi connectivity index (χ0v) is 13.1. The molecule has 0 fully saturated rings. The van der Waals surface area contributed by atoms with Crippen LogP contribution < -0.4 is 10.1 Å². The number of rotatable bonds is 10. The second-order valence-electron chi connectivity index (χ2n) is 4.92. The van der Waals surface area contributed by atoms with Gasteiger partial charge in [-0.1, -0.05) is 0 Å². The number of hydrogen-bond acceptors (Lipinski definition) is 6. The zero-order chi connectivity index (χ0) is 16.5. The lowest BCUT2D eigenvalue weighted by Gasteiger charge is -2.08. The molecule has 0 radical (unpaired) electrons. The van der Waals surface area contributed by atoms with Crippen molar-refractivity contribution in [1.82, 2.24) is 15.1 Å². The Morgan fingerprint density at radius 3 is 2.82 bits per heavy atom. The molecule has 0 spiro atoms. The van der Waals surface area contributed by atoms with Gasteiger partial charge in [0.2, 0.25) is 5.91 Å². The Morgan fingerprint density at radius 1 is 1.55 bits per heavy atom. The fraction of sp³-hybridized carbons (Fsp3) is 0.692. The maximum absolute atomic E-state index is 11.7. The minimum absolute atomic E-state index is 0.0590. The third-order valence-corrected chi connectivity index (χ3v) is 2.76. The van der Waals surface area contributed by atoms with Gasteiger partial charge in [-0.3, -0.25) is 19.6 Å². The monoisotopic (exact) mass is 314 g/mol. The number of carbonyl (C=O) groups is 1. The highest BCUT2D eigenvalue weighted by molar-refractivity contribution is 5.75. The number of methoxy groups -OCH3 is 1. The highest BCUT2D eigenvalue weighted by Gasteiger charge is 2.20. The molecule has 0 aliphatic heterocycles. The van der Waals surface area contributed by atoms with E-state index in [0.29, 0.717) is 13.2 Å².